The number of carbonyl (C=O) groups excluding carboxylic acids is 1. The third kappa shape index (κ3) is 5.74. The lowest BCUT2D eigenvalue weighted by atomic mass is 9.96. The SMILES string of the molecule is Cc1ccc(S(=O)(=O)N2CCC(C(=O)N(CCCN(C)C)c3nc4c(F)cc(F)cc4s3)CC2)cc1. The average Bonchev–Trinajstić information content (AvgIpc) is 3.25. The summed E-state index contributed by atoms with van der Waals surface area (Å²) in [6.07, 6.45) is 1.43. The number of piperidine rings is 1. The number of nitrogens with zero attached hydrogens (tertiary/aromatic N) is 4. The zero-order chi connectivity index (χ0) is 26.0. The van der Waals surface area contributed by atoms with E-state index in [4.69, 9.17) is 0 Å². The molecule has 0 spiro atoms. The fraction of sp³-hybridized carbons (Fsp3) is 0.440. The maximum atomic E-state index is 14.3. The Balaban J connectivity index is 1.52. The smallest absolute Gasteiger partial charge is 0.243 e. The van der Waals surface area contributed by atoms with Crippen molar-refractivity contribution < 1.29 is 22.0 Å². The zero-order valence-corrected chi connectivity index (χ0v) is 22.2. The molecule has 7 nitrogen and oxygen atoms in total. The number of thiazole rings is 1. The molecular formula is C25H30F2N4O3S2. The number of halogens is 2. The highest BCUT2D eigenvalue weighted by Crippen LogP contribution is 2.33. The van der Waals surface area contributed by atoms with Gasteiger partial charge in [0.25, 0.3) is 0 Å². The van der Waals surface area contributed by atoms with Gasteiger partial charge in [-0.15, -0.1) is 0 Å². The molecule has 3 aromatic rings. The number of aromatic nitrogens is 1. The van der Waals surface area contributed by atoms with Crippen LogP contribution < -0.4 is 4.90 Å². The second kappa shape index (κ2) is 10.9. The molecule has 0 radical (unpaired) electrons. The van der Waals surface area contributed by atoms with Gasteiger partial charge in [0.1, 0.15) is 11.3 Å². The van der Waals surface area contributed by atoms with Crippen LogP contribution in [0.3, 0.4) is 0 Å². The molecule has 0 N–H and O–H groups in total. The van der Waals surface area contributed by atoms with Crippen molar-refractivity contribution in [1.29, 1.82) is 0 Å². The normalized spacial score (nSPS) is 15.6. The molecule has 1 aliphatic heterocycles. The second-order valence-electron chi connectivity index (χ2n) is 9.37. The van der Waals surface area contributed by atoms with Crippen LogP contribution in [0.5, 0.6) is 0 Å². The standard InChI is InChI=1S/C25H30F2N4O3S2/c1-17-5-7-20(8-6-17)36(33,34)30-13-9-18(10-14-30)24(32)31(12-4-11-29(2)3)25-28-23-21(27)15-19(26)16-22(23)35-25/h5-8,15-16,18H,4,9-14H2,1-3H3. The molecule has 2 aromatic carbocycles. The van der Waals surface area contributed by atoms with Gasteiger partial charge in [0.05, 0.1) is 9.60 Å². The molecule has 1 aliphatic rings. The minimum absolute atomic E-state index is 0.0424. The first-order valence-electron chi connectivity index (χ1n) is 11.8. The summed E-state index contributed by atoms with van der Waals surface area (Å²) in [6.45, 7) is 3.48. The highest BCUT2D eigenvalue weighted by atomic mass is 32.2. The number of hydrogen-bond donors (Lipinski definition) is 0. The minimum atomic E-state index is -3.63. The Morgan fingerprint density at radius 1 is 1.11 bits per heavy atom. The molecule has 4 rings (SSSR count). The van der Waals surface area contributed by atoms with E-state index in [2.05, 4.69) is 4.98 Å². The molecule has 0 atom stereocenters. The van der Waals surface area contributed by atoms with Gasteiger partial charge in [-0.25, -0.2) is 22.2 Å². The van der Waals surface area contributed by atoms with Gasteiger partial charge < -0.3 is 4.90 Å². The quantitative estimate of drug-likeness (QED) is 0.430. The molecule has 0 saturated carbocycles. The first-order valence-corrected chi connectivity index (χ1v) is 14.1. The molecule has 0 aliphatic carbocycles. The van der Waals surface area contributed by atoms with E-state index < -0.39 is 21.7 Å². The number of anilines is 1. The summed E-state index contributed by atoms with van der Waals surface area (Å²) >= 11 is 1.08. The van der Waals surface area contributed by atoms with Gasteiger partial charge in [-0.2, -0.15) is 4.31 Å². The van der Waals surface area contributed by atoms with Gasteiger partial charge in [0, 0.05) is 31.6 Å². The number of aryl methyl sites for hydroxylation is 1. The second-order valence-corrected chi connectivity index (χ2v) is 12.3. The molecule has 0 unspecified atom stereocenters. The van der Waals surface area contributed by atoms with Gasteiger partial charge >= 0.3 is 0 Å². The monoisotopic (exact) mass is 536 g/mol. The Kier molecular flexibility index (Phi) is 8.03. The number of rotatable bonds is 8. The molecule has 1 amide bonds. The van der Waals surface area contributed by atoms with Crippen LogP contribution in [-0.2, 0) is 14.8 Å². The van der Waals surface area contributed by atoms with Crippen LogP contribution in [0, 0.1) is 24.5 Å². The fourth-order valence-corrected chi connectivity index (χ4v) is 6.84. The van der Waals surface area contributed by atoms with Gasteiger partial charge in [0.15, 0.2) is 10.9 Å². The molecule has 0 bridgehead atoms. The van der Waals surface area contributed by atoms with Crippen molar-refractivity contribution >= 4 is 42.6 Å². The summed E-state index contributed by atoms with van der Waals surface area (Å²) in [6, 6.07) is 8.74. The van der Waals surface area contributed by atoms with E-state index in [1.807, 2.05) is 25.9 Å². The summed E-state index contributed by atoms with van der Waals surface area (Å²) in [5.41, 5.74) is 1.02. The van der Waals surface area contributed by atoms with E-state index >= 15 is 0 Å². The van der Waals surface area contributed by atoms with Crippen molar-refractivity contribution in [3.63, 3.8) is 0 Å². The Morgan fingerprint density at radius 2 is 1.78 bits per heavy atom. The Labute approximate surface area is 214 Å². The number of sulfonamides is 1. The predicted molar refractivity (Wildman–Crippen MR) is 138 cm³/mol. The molecule has 11 heteroatoms. The predicted octanol–water partition coefficient (Wildman–Crippen LogP) is 4.27. The molecule has 194 valence electrons. The van der Waals surface area contributed by atoms with E-state index in [1.165, 1.54) is 10.4 Å². The molecule has 1 saturated heterocycles. The lowest BCUT2D eigenvalue weighted by Gasteiger charge is -2.33. The van der Waals surface area contributed by atoms with E-state index in [0.29, 0.717) is 35.6 Å². The van der Waals surface area contributed by atoms with E-state index in [-0.39, 0.29) is 35.3 Å². The number of amides is 1. The van der Waals surface area contributed by atoms with Crippen molar-refractivity contribution in [2.45, 2.75) is 31.1 Å². The Morgan fingerprint density at radius 3 is 2.42 bits per heavy atom. The number of carbonyl (C=O) groups is 1. The molecule has 1 aromatic heterocycles. The number of hydrogen-bond acceptors (Lipinski definition) is 6. The summed E-state index contributed by atoms with van der Waals surface area (Å²) < 4.78 is 55.9. The Hall–Kier alpha value is -2.47. The van der Waals surface area contributed by atoms with E-state index in [0.717, 1.165) is 29.5 Å². The van der Waals surface area contributed by atoms with Crippen LogP contribution in [0.4, 0.5) is 13.9 Å². The lowest BCUT2D eigenvalue weighted by Crippen LogP contribution is -2.45. The van der Waals surface area contributed by atoms with E-state index in [1.54, 1.807) is 29.2 Å². The van der Waals surface area contributed by atoms with Gasteiger partial charge in [0.2, 0.25) is 15.9 Å². The third-order valence-corrected chi connectivity index (χ3v) is 9.29. The first-order chi connectivity index (χ1) is 17.1. The van der Waals surface area contributed by atoms with Crippen LogP contribution in [0.2, 0.25) is 0 Å². The van der Waals surface area contributed by atoms with Crippen molar-refractivity contribution in [2.24, 2.45) is 5.92 Å². The molecular weight excluding hydrogens is 506 g/mol. The van der Waals surface area contributed by atoms with Crippen LogP contribution in [0.25, 0.3) is 10.2 Å². The highest BCUT2D eigenvalue weighted by molar-refractivity contribution is 7.89. The van der Waals surface area contributed by atoms with Crippen molar-refractivity contribution in [2.75, 3.05) is 45.2 Å². The topological polar surface area (TPSA) is 73.8 Å². The summed E-state index contributed by atoms with van der Waals surface area (Å²) in [4.78, 5) is 21.7. The van der Waals surface area contributed by atoms with Crippen molar-refractivity contribution in [1.82, 2.24) is 14.2 Å². The third-order valence-electron chi connectivity index (χ3n) is 6.35. The largest absolute Gasteiger partial charge is 0.309 e. The van der Waals surface area contributed by atoms with Crippen LogP contribution >= 0.6 is 11.3 Å². The average molecular weight is 537 g/mol. The van der Waals surface area contributed by atoms with Crippen LogP contribution in [-0.4, -0.2) is 68.8 Å². The maximum absolute atomic E-state index is 14.3. The maximum Gasteiger partial charge on any atom is 0.243 e. The van der Waals surface area contributed by atoms with Gasteiger partial charge in [-0.05, 0) is 65.0 Å². The van der Waals surface area contributed by atoms with Crippen molar-refractivity contribution in [3.05, 3.63) is 53.6 Å². The molecule has 1 fully saturated rings. The summed E-state index contributed by atoms with van der Waals surface area (Å²) in [7, 11) is 0.239. The van der Waals surface area contributed by atoms with Crippen LogP contribution in [0.15, 0.2) is 41.3 Å². The fourth-order valence-electron chi connectivity index (χ4n) is 4.33. The number of fused-ring (bicyclic) bond motifs is 1. The summed E-state index contributed by atoms with van der Waals surface area (Å²) in [5, 5.41) is 0.327. The summed E-state index contributed by atoms with van der Waals surface area (Å²) in [5.74, 6) is -2.01. The van der Waals surface area contributed by atoms with Gasteiger partial charge in [-0.1, -0.05) is 29.0 Å². The lowest BCUT2D eigenvalue weighted by molar-refractivity contribution is -0.123. The van der Waals surface area contributed by atoms with Crippen molar-refractivity contribution in [3.8, 4) is 0 Å². The molecule has 2 heterocycles. The minimum Gasteiger partial charge on any atom is -0.309 e. The molecule has 36 heavy (non-hydrogen) atoms. The van der Waals surface area contributed by atoms with Crippen LogP contribution in [0.1, 0.15) is 24.8 Å². The van der Waals surface area contributed by atoms with Gasteiger partial charge in [-0.3, -0.25) is 9.69 Å². The Bertz CT molecular complexity index is 1340. The van der Waals surface area contributed by atoms with E-state index in [9.17, 15) is 22.0 Å². The zero-order valence-electron chi connectivity index (χ0n) is 20.6. The highest BCUT2D eigenvalue weighted by Gasteiger charge is 2.35. The first kappa shape index (κ1) is 26.6. The number of benzene rings is 2.